The van der Waals surface area contributed by atoms with Crippen LogP contribution in [-0.4, -0.2) is 82.6 Å². The Morgan fingerprint density at radius 3 is 2.38 bits per heavy atom. The highest BCUT2D eigenvalue weighted by Crippen LogP contribution is 2.28. The molecule has 2 N–H and O–H groups in total. The van der Waals surface area contributed by atoms with Crippen LogP contribution < -0.4 is 10.6 Å². The van der Waals surface area contributed by atoms with Crippen LogP contribution in [0.1, 0.15) is 49.4 Å². The van der Waals surface area contributed by atoms with Gasteiger partial charge in [-0.15, -0.1) is 0 Å². The van der Waals surface area contributed by atoms with E-state index in [4.69, 9.17) is 0 Å². The standard InChI is InChI=1S/C25H36N6O3/c1-17(26-2)23(32)28-22(18-7-5-4-6-8-18)25(34)31-13-11-30(12-14-31)24(33)19-9-10-20-16-27-29(3)21(20)15-19/h9-10,15-18,22,26H,4-8,11-14H2,1-3H3,(H,28,32). The second-order valence-corrected chi connectivity index (χ2v) is 9.55. The molecule has 184 valence electrons. The molecule has 0 radical (unpaired) electrons. The number of carbonyl (C=O) groups is 3. The van der Waals surface area contributed by atoms with Gasteiger partial charge in [0.1, 0.15) is 6.04 Å². The molecule has 2 fully saturated rings. The van der Waals surface area contributed by atoms with Crippen molar-refractivity contribution in [3.05, 3.63) is 30.0 Å². The number of aromatic nitrogens is 2. The molecular weight excluding hydrogens is 432 g/mol. The molecule has 2 aromatic rings. The number of nitrogens with one attached hydrogen (secondary N) is 2. The number of likely N-dealkylation sites (N-methyl/N-ethyl adjacent to an activating group) is 1. The average molecular weight is 469 g/mol. The molecule has 3 amide bonds. The van der Waals surface area contributed by atoms with Gasteiger partial charge in [0.15, 0.2) is 0 Å². The van der Waals surface area contributed by atoms with Crippen molar-refractivity contribution in [2.45, 2.75) is 51.1 Å². The summed E-state index contributed by atoms with van der Waals surface area (Å²) in [4.78, 5) is 42.9. The van der Waals surface area contributed by atoms with Crippen LogP contribution in [0.2, 0.25) is 0 Å². The number of fused-ring (bicyclic) bond motifs is 1. The van der Waals surface area contributed by atoms with Gasteiger partial charge in [0.05, 0.1) is 17.8 Å². The first-order valence-electron chi connectivity index (χ1n) is 12.4. The lowest BCUT2D eigenvalue weighted by Crippen LogP contribution is -2.59. The zero-order valence-electron chi connectivity index (χ0n) is 20.4. The third-order valence-corrected chi connectivity index (χ3v) is 7.39. The maximum absolute atomic E-state index is 13.5. The maximum atomic E-state index is 13.5. The molecule has 2 atom stereocenters. The Bertz CT molecular complexity index is 1040. The molecule has 1 aromatic heterocycles. The summed E-state index contributed by atoms with van der Waals surface area (Å²) in [6, 6.07) is 4.77. The Balaban J connectivity index is 1.41. The van der Waals surface area contributed by atoms with Crippen molar-refractivity contribution in [1.82, 2.24) is 30.2 Å². The highest BCUT2D eigenvalue weighted by molar-refractivity contribution is 5.98. The molecule has 1 aliphatic heterocycles. The fourth-order valence-electron chi connectivity index (χ4n) is 5.04. The summed E-state index contributed by atoms with van der Waals surface area (Å²) in [7, 11) is 3.60. The van der Waals surface area contributed by atoms with Crippen molar-refractivity contribution in [3.63, 3.8) is 0 Å². The molecule has 9 nitrogen and oxygen atoms in total. The first kappa shape index (κ1) is 24.2. The van der Waals surface area contributed by atoms with E-state index in [1.807, 2.05) is 30.1 Å². The van der Waals surface area contributed by atoms with Gasteiger partial charge in [0.25, 0.3) is 5.91 Å². The number of benzene rings is 1. The van der Waals surface area contributed by atoms with Crippen LogP contribution in [-0.2, 0) is 16.6 Å². The minimum absolute atomic E-state index is 0.0213. The zero-order valence-corrected chi connectivity index (χ0v) is 20.4. The molecule has 2 heterocycles. The molecule has 0 spiro atoms. The Labute approximate surface area is 200 Å². The van der Waals surface area contributed by atoms with Crippen molar-refractivity contribution in [2.75, 3.05) is 33.2 Å². The fraction of sp³-hybridized carbons (Fsp3) is 0.600. The van der Waals surface area contributed by atoms with Gasteiger partial charge >= 0.3 is 0 Å². The van der Waals surface area contributed by atoms with E-state index in [1.54, 1.807) is 29.7 Å². The number of amides is 3. The summed E-state index contributed by atoms with van der Waals surface area (Å²) >= 11 is 0. The van der Waals surface area contributed by atoms with Gasteiger partial charge in [-0.25, -0.2) is 0 Å². The largest absolute Gasteiger partial charge is 0.343 e. The van der Waals surface area contributed by atoms with Crippen LogP contribution in [0.4, 0.5) is 0 Å². The lowest BCUT2D eigenvalue weighted by atomic mass is 9.83. The average Bonchev–Trinajstić information content (AvgIpc) is 3.26. The Kier molecular flexibility index (Phi) is 7.50. The maximum Gasteiger partial charge on any atom is 0.254 e. The Morgan fingerprint density at radius 1 is 1.03 bits per heavy atom. The zero-order chi connectivity index (χ0) is 24.2. The highest BCUT2D eigenvalue weighted by atomic mass is 16.2. The van der Waals surface area contributed by atoms with Crippen LogP contribution >= 0.6 is 0 Å². The number of hydrogen-bond donors (Lipinski definition) is 2. The molecule has 34 heavy (non-hydrogen) atoms. The van der Waals surface area contributed by atoms with E-state index >= 15 is 0 Å². The molecule has 0 bridgehead atoms. The van der Waals surface area contributed by atoms with Crippen molar-refractivity contribution >= 4 is 28.6 Å². The van der Waals surface area contributed by atoms with Gasteiger partial charge in [0, 0.05) is 44.2 Å². The molecule has 9 heteroatoms. The number of hydrogen-bond acceptors (Lipinski definition) is 5. The topological polar surface area (TPSA) is 99.6 Å². The lowest BCUT2D eigenvalue weighted by molar-refractivity contribution is -0.140. The van der Waals surface area contributed by atoms with Crippen LogP contribution in [0.5, 0.6) is 0 Å². The van der Waals surface area contributed by atoms with Crippen molar-refractivity contribution in [3.8, 4) is 0 Å². The van der Waals surface area contributed by atoms with Gasteiger partial charge < -0.3 is 20.4 Å². The molecule has 2 unspecified atom stereocenters. The van der Waals surface area contributed by atoms with Crippen molar-refractivity contribution in [1.29, 1.82) is 0 Å². The molecule has 1 saturated heterocycles. The minimum Gasteiger partial charge on any atom is -0.343 e. The number of carbonyl (C=O) groups excluding carboxylic acids is 3. The van der Waals surface area contributed by atoms with Gasteiger partial charge in [-0.3, -0.25) is 19.1 Å². The number of nitrogens with zero attached hydrogens (tertiary/aromatic N) is 4. The molecule has 2 aliphatic rings. The van der Waals surface area contributed by atoms with Crippen molar-refractivity contribution < 1.29 is 14.4 Å². The predicted octanol–water partition coefficient (Wildman–Crippen LogP) is 1.53. The Hall–Kier alpha value is -2.94. The summed E-state index contributed by atoms with van der Waals surface area (Å²) in [6.07, 6.45) is 7.07. The van der Waals surface area contributed by atoms with E-state index in [0.717, 1.165) is 36.6 Å². The van der Waals surface area contributed by atoms with Crippen LogP contribution in [0, 0.1) is 5.92 Å². The minimum atomic E-state index is -0.502. The quantitative estimate of drug-likeness (QED) is 0.670. The number of aryl methyl sites for hydroxylation is 1. The molecule has 1 aromatic carbocycles. The summed E-state index contributed by atoms with van der Waals surface area (Å²) < 4.78 is 1.76. The van der Waals surface area contributed by atoms with Crippen molar-refractivity contribution in [2.24, 2.45) is 13.0 Å². The van der Waals surface area contributed by atoms with Crippen LogP contribution in [0.3, 0.4) is 0 Å². The van der Waals surface area contributed by atoms with E-state index in [1.165, 1.54) is 6.42 Å². The molecular formula is C25H36N6O3. The fourth-order valence-corrected chi connectivity index (χ4v) is 5.04. The van der Waals surface area contributed by atoms with E-state index in [2.05, 4.69) is 15.7 Å². The monoisotopic (exact) mass is 468 g/mol. The SMILES string of the molecule is CNC(C)C(=O)NC(C(=O)N1CCN(C(=O)c2ccc3cnn(C)c3c2)CC1)C1CCCCC1. The Morgan fingerprint density at radius 2 is 1.71 bits per heavy atom. The summed E-state index contributed by atoms with van der Waals surface area (Å²) in [5, 5.41) is 11.2. The lowest BCUT2D eigenvalue weighted by Gasteiger charge is -2.39. The van der Waals surface area contributed by atoms with E-state index in [9.17, 15) is 14.4 Å². The summed E-state index contributed by atoms with van der Waals surface area (Å²) in [6.45, 7) is 3.70. The third kappa shape index (κ3) is 5.09. The highest BCUT2D eigenvalue weighted by Gasteiger charge is 2.36. The van der Waals surface area contributed by atoms with E-state index in [0.29, 0.717) is 31.7 Å². The first-order valence-corrected chi connectivity index (χ1v) is 12.4. The molecule has 4 rings (SSSR count). The van der Waals surface area contributed by atoms with E-state index < -0.39 is 6.04 Å². The third-order valence-electron chi connectivity index (χ3n) is 7.39. The normalized spacial score (nSPS) is 19.1. The summed E-state index contributed by atoms with van der Waals surface area (Å²) in [5.74, 6) is -0.0348. The second-order valence-electron chi connectivity index (χ2n) is 9.55. The first-order chi connectivity index (χ1) is 16.4. The van der Waals surface area contributed by atoms with E-state index in [-0.39, 0.29) is 29.7 Å². The molecule has 1 saturated carbocycles. The second kappa shape index (κ2) is 10.5. The number of piperazine rings is 1. The van der Waals surface area contributed by atoms with Crippen LogP contribution in [0.15, 0.2) is 24.4 Å². The van der Waals surface area contributed by atoms with Gasteiger partial charge in [-0.2, -0.15) is 5.10 Å². The van der Waals surface area contributed by atoms with Gasteiger partial charge in [-0.05, 0) is 44.9 Å². The molecule has 1 aliphatic carbocycles. The van der Waals surface area contributed by atoms with Crippen LogP contribution in [0.25, 0.3) is 10.9 Å². The van der Waals surface area contributed by atoms with Gasteiger partial charge in [0.2, 0.25) is 11.8 Å². The smallest absolute Gasteiger partial charge is 0.254 e. The number of rotatable bonds is 6. The predicted molar refractivity (Wildman–Crippen MR) is 130 cm³/mol. The van der Waals surface area contributed by atoms with Gasteiger partial charge in [-0.1, -0.05) is 25.3 Å². The summed E-state index contributed by atoms with van der Waals surface area (Å²) in [5.41, 5.74) is 1.55.